The second-order valence-electron chi connectivity index (χ2n) is 5.21. The van der Waals surface area contributed by atoms with Crippen LogP contribution in [0.3, 0.4) is 0 Å². The van der Waals surface area contributed by atoms with E-state index in [1.54, 1.807) is 11.5 Å². The average Bonchev–Trinajstić information content (AvgIpc) is 2.67. The summed E-state index contributed by atoms with van der Waals surface area (Å²) >= 11 is 1.55. The van der Waals surface area contributed by atoms with E-state index in [2.05, 4.69) is 42.6 Å². The first-order valence-electron chi connectivity index (χ1n) is 6.58. The van der Waals surface area contributed by atoms with Gasteiger partial charge in [0.05, 0.1) is 10.6 Å². The standard InChI is InChI=1S/C13H25N3S/c1-6-7-11-13(17-16-15-11)12(14-5)10(4)8-9(2)3/h9-10,12,14H,6-8H2,1-5H3. The molecule has 0 saturated carbocycles. The van der Waals surface area contributed by atoms with Gasteiger partial charge in [0, 0.05) is 6.04 Å². The predicted octanol–water partition coefficient (Wildman–Crippen LogP) is 3.43. The Kier molecular flexibility index (Phi) is 6.06. The highest BCUT2D eigenvalue weighted by atomic mass is 32.1. The predicted molar refractivity (Wildman–Crippen MR) is 74.3 cm³/mol. The first-order chi connectivity index (χ1) is 8.10. The number of nitrogens with zero attached hydrogens (tertiary/aromatic N) is 2. The molecule has 1 N–H and O–H groups in total. The molecule has 0 bridgehead atoms. The summed E-state index contributed by atoms with van der Waals surface area (Å²) < 4.78 is 4.12. The van der Waals surface area contributed by atoms with Gasteiger partial charge in [-0.3, -0.25) is 0 Å². The van der Waals surface area contributed by atoms with Crippen molar-refractivity contribution in [3.8, 4) is 0 Å². The zero-order valence-corrected chi connectivity index (χ0v) is 12.5. The summed E-state index contributed by atoms with van der Waals surface area (Å²) in [7, 11) is 2.04. The molecule has 2 atom stereocenters. The van der Waals surface area contributed by atoms with Crippen molar-refractivity contribution in [1.29, 1.82) is 0 Å². The molecule has 1 aromatic heterocycles. The summed E-state index contributed by atoms with van der Waals surface area (Å²) in [5.41, 5.74) is 1.19. The molecule has 0 aliphatic heterocycles. The van der Waals surface area contributed by atoms with Gasteiger partial charge in [0.2, 0.25) is 0 Å². The third kappa shape index (κ3) is 4.03. The minimum Gasteiger partial charge on any atom is -0.312 e. The highest BCUT2D eigenvalue weighted by Crippen LogP contribution is 2.31. The zero-order valence-electron chi connectivity index (χ0n) is 11.7. The Balaban J connectivity index is 2.81. The van der Waals surface area contributed by atoms with Crippen LogP contribution in [0.4, 0.5) is 0 Å². The third-order valence-electron chi connectivity index (χ3n) is 3.08. The molecule has 0 saturated heterocycles. The van der Waals surface area contributed by atoms with Gasteiger partial charge < -0.3 is 5.32 Å². The topological polar surface area (TPSA) is 37.8 Å². The van der Waals surface area contributed by atoms with Gasteiger partial charge >= 0.3 is 0 Å². The van der Waals surface area contributed by atoms with E-state index >= 15 is 0 Å². The van der Waals surface area contributed by atoms with E-state index in [9.17, 15) is 0 Å². The third-order valence-corrected chi connectivity index (χ3v) is 3.93. The number of nitrogens with one attached hydrogen (secondary N) is 1. The van der Waals surface area contributed by atoms with Crippen LogP contribution >= 0.6 is 11.5 Å². The van der Waals surface area contributed by atoms with Crippen molar-refractivity contribution in [3.63, 3.8) is 0 Å². The maximum absolute atomic E-state index is 4.26. The van der Waals surface area contributed by atoms with E-state index in [-0.39, 0.29) is 0 Å². The van der Waals surface area contributed by atoms with Crippen molar-refractivity contribution >= 4 is 11.5 Å². The van der Waals surface area contributed by atoms with Gasteiger partial charge in [-0.25, -0.2) is 0 Å². The van der Waals surface area contributed by atoms with Crippen LogP contribution in [0, 0.1) is 11.8 Å². The van der Waals surface area contributed by atoms with Crippen LogP contribution in [0.1, 0.15) is 57.1 Å². The summed E-state index contributed by atoms with van der Waals surface area (Å²) in [6.45, 7) is 9.06. The first kappa shape index (κ1) is 14.6. The fraction of sp³-hybridized carbons (Fsp3) is 0.846. The van der Waals surface area contributed by atoms with Gasteiger partial charge in [-0.1, -0.05) is 38.6 Å². The molecule has 2 unspecified atom stereocenters. The molecule has 1 aromatic rings. The lowest BCUT2D eigenvalue weighted by Gasteiger charge is -2.24. The average molecular weight is 255 g/mol. The van der Waals surface area contributed by atoms with Crippen molar-refractivity contribution in [1.82, 2.24) is 14.9 Å². The van der Waals surface area contributed by atoms with Gasteiger partial charge in [-0.05, 0) is 43.3 Å². The van der Waals surface area contributed by atoms with E-state index in [0.29, 0.717) is 12.0 Å². The van der Waals surface area contributed by atoms with Gasteiger partial charge in [-0.15, -0.1) is 5.10 Å². The Morgan fingerprint density at radius 2 is 2.00 bits per heavy atom. The second kappa shape index (κ2) is 7.07. The van der Waals surface area contributed by atoms with Crippen molar-refractivity contribution < 1.29 is 0 Å². The Labute approximate surface area is 109 Å². The Morgan fingerprint density at radius 3 is 2.53 bits per heavy atom. The smallest absolute Gasteiger partial charge is 0.0803 e. The Hall–Kier alpha value is -0.480. The van der Waals surface area contributed by atoms with Crippen molar-refractivity contribution in [2.75, 3.05) is 7.05 Å². The lowest BCUT2D eigenvalue weighted by atomic mass is 9.90. The molecule has 17 heavy (non-hydrogen) atoms. The summed E-state index contributed by atoms with van der Waals surface area (Å²) in [6.07, 6.45) is 3.40. The number of rotatable bonds is 7. The second-order valence-corrected chi connectivity index (χ2v) is 5.99. The number of aryl methyl sites for hydroxylation is 1. The molecule has 0 radical (unpaired) electrons. The van der Waals surface area contributed by atoms with Crippen LogP contribution < -0.4 is 5.32 Å². The van der Waals surface area contributed by atoms with E-state index in [1.165, 1.54) is 17.0 Å². The van der Waals surface area contributed by atoms with Crippen molar-refractivity contribution in [2.45, 2.75) is 53.0 Å². The quantitative estimate of drug-likeness (QED) is 0.811. The molecule has 0 aliphatic rings. The van der Waals surface area contributed by atoms with E-state index in [4.69, 9.17) is 0 Å². The Morgan fingerprint density at radius 1 is 1.29 bits per heavy atom. The van der Waals surface area contributed by atoms with E-state index in [0.717, 1.165) is 18.8 Å². The number of hydrogen-bond acceptors (Lipinski definition) is 4. The molecule has 1 rings (SSSR count). The van der Waals surface area contributed by atoms with E-state index < -0.39 is 0 Å². The minimum atomic E-state index is 0.402. The molecule has 0 fully saturated rings. The SMILES string of the molecule is CCCc1nnsc1C(NC)C(C)CC(C)C. The largest absolute Gasteiger partial charge is 0.312 e. The highest BCUT2D eigenvalue weighted by molar-refractivity contribution is 7.05. The maximum atomic E-state index is 4.26. The summed E-state index contributed by atoms with van der Waals surface area (Å²) in [4.78, 5) is 1.34. The molecular formula is C13H25N3S. The molecule has 0 aliphatic carbocycles. The highest BCUT2D eigenvalue weighted by Gasteiger charge is 2.23. The van der Waals surface area contributed by atoms with Crippen LogP contribution in [0.5, 0.6) is 0 Å². The molecule has 0 aromatic carbocycles. The van der Waals surface area contributed by atoms with Crippen molar-refractivity contribution in [2.24, 2.45) is 11.8 Å². The molecule has 0 amide bonds. The first-order valence-corrected chi connectivity index (χ1v) is 7.35. The maximum Gasteiger partial charge on any atom is 0.0803 e. The number of aromatic nitrogens is 2. The minimum absolute atomic E-state index is 0.402. The monoisotopic (exact) mass is 255 g/mol. The van der Waals surface area contributed by atoms with Gasteiger partial charge in [0.25, 0.3) is 0 Å². The molecule has 1 heterocycles. The number of hydrogen-bond donors (Lipinski definition) is 1. The van der Waals surface area contributed by atoms with Crippen molar-refractivity contribution in [3.05, 3.63) is 10.6 Å². The van der Waals surface area contributed by atoms with Gasteiger partial charge in [0.1, 0.15) is 0 Å². The van der Waals surface area contributed by atoms with E-state index in [1.807, 2.05) is 7.05 Å². The van der Waals surface area contributed by atoms with Gasteiger partial charge in [-0.2, -0.15) is 0 Å². The molecule has 98 valence electrons. The fourth-order valence-electron chi connectivity index (χ4n) is 2.42. The summed E-state index contributed by atoms with van der Waals surface area (Å²) in [5, 5.41) is 7.70. The van der Waals surface area contributed by atoms with Crippen LogP contribution in [0.25, 0.3) is 0 Å². The lowest BCUT2D eigenvalue weighted by Crippen LogP contribution is -2.24. The molecule has 0 spiro atoms. The van der Waals surface area contributed by atoms with Crippen LogP contribution in [-0.2, 0) is 6.42 Å². The molecular weight excluding hydrogens is 230 g/mol. The van der Waals surface area contributed by atoms with Crippen LogP contribution in [-0.4, -0.2) is 16.6 Å². The molecule has 4 heteroatoms. The summed E-state index contributed by atoms with van der Waals surface area (Å²) in [6, 6.07) is 0.402. The lowest BCUT2D eigenvalue weighted by molar-refractivity contribution is 0.345. The summed E-state index contributed by atoms with van der Waals surface area (Å²) in [5.74, 6) is 1.36. The normalized spacial score (nSPS) is 15.2. The van der Waals surface area contributed by atoms with Crippen LogP contribution in [0.15, 0.2) is 0 Å². The van der Waals surface area contributed by atoms with Crippen LogP contribution in [0.2, 0.25) is 0 Å². The fourth-order valence-corrected chi connectivity index (χ4v) is 3.35. The zero-order chi connectivity index (χ0) is 12.8. The molecule has 3 nitrogen and oxygen atoms in total. The van der Waals surface area contributed by atoms with Gasteiger partial charge in [0.15, 0.2) is 0 Å². The Bertz CT molecular complexity index is 322.